The van der Waals surface area contributed by atoms with E-state index in [1.807, 2.05) is 0 Å². The first-order valence-corrected chi connectivity index (χ1v) is 5.35. The lowest BCUT2D eigenvalue weighted by atomic mass is 10.2. The van der Waals surface area contributed by atoms with Gasteiger partial charge >= 0.3 is 0 Å². The number of aromatic nitrogens is 2. The van der Waals surface area contributed by atoms with E-state index in [0.29, 0.717) is 11.2 Å². The molecule has 1 heterocycles. The van der Waals surface area contributed by atoms with Crippen molar-refractivity contribution < 1.29 is 8.78 Å². The van der Waals surface area contributed by atoms with Gasteiger partial charge in [0.25, 0.3) is 0 Å². The van der Waals surface area contributed by atoms with Crippen LogP contribution in [0.25, 0.3) is 16.7 Å². The molecular weight excluding hydrogens is 236 g/mol. The molecule has 0 fully saturated rings. The molecular formula is C13H9F2N3. The van der Waals surface area contributed by atoms with Crippen molar-refractivity contribution in [2.75, 3.05) is 5.73 Å². The minimum atomic E-state index is -0.430. The van der Waals surface area contributed by atoms with Crippen LogP contribution in [0.5, 0.6) is 0 Å². The molecule has 90 valence electrons. The summed E-state index contributed by atoms with van der Waals surface area (Å²) >= 11 is 0. The highest BCUT2D eigenvalue weighted by Crippen LogP contribution is 2.24. The SMILES string of the molecule is Nc1nc2c(F)cccc2n1-c1ccc(F)cc1. The summed E-state index contributed by atoms with van der Waals surface area (Å²) in [5, 5.41) is 0. The Bertz CT molecular complexity index is 717. The fourth-order valence-electron chi connectivity index (χ4n) is 1.94. The number of hydrogen-bond acceptors (Lipinski definition) is 2. The van der Waals surface area contributed by atoms with Crippen LogP contribution in [0.3, 0.4) is 0 Å². The number of imidazole rings is 1. The standard InChI is InChI=1S/C13H9F2N3/c14-8-4-6-9(7-5-8)18-11-3-1-2-10(15)12(11)17-13(18)16/h1-7H,(H2,16,17). The molecule has 0 aliphatic carbocycles. The predicted octanol–water partition coefficient (Wildman–Crippen LogP) is 2.89. The second-order valence-corrected chi connectivity index (χ2v) is 3.89. The zero-order valence-corrected chi connectivity index (χ0v) is 9.27. The number of halogens is 2. The van der Waals surface area contributed by atoms with Gasteiger partial charge in [-0.1, -0.05) is 6.07 Å². The van der Waals surface area contributed by atoms with Crippen LogP contribution in [0.4, 0.5) is 14.7 Å². The molecule has 0 aliphatic heterocycles. The molecule has 0 saturated carbocycles. The van der Waals surface area contributed by atoms with Crippen molar-refractivity contribution in [3.63, 3.8) is 0 Å². The maximum absolute atomic E-state index is 13.6. The van der Waals surface area contributed by atoms with E-state index in [0.717, 1.165) is 0 Å². The van der Waals surface area contributed by atoms with E-state index in [1.54, 1.807) is 28.8 Å². The molecule has 0 spiro atoms. The molecule has 0 atom stereocenters. The van der Waals surface area contributed by atoms with Crippen molar-refractivity contribution in [3.8, 4) is 5.69 Å². The molecule has 0 amide bonds. The number of anilines is 1. The normalized spacial score (nSPS) is 11.0. The Labute approximate surface area is 101 Å². The minimum Gasteiger partial charge on any atom is -0.369 e. The van der Waals surface area contributed by atoms with Gasteiger partial charge in [0.2, 0.25) is 5.95 Å². The van der Waals surface area contributed by atoms with Gasteiger partial charge in [-0.25, -0.2) is 13.8 Å². The molecule has 2 aromatic carbocycles. The Hall–Kier alpha value is -2.43. The largest absolute Gasteiger partial charge is 0.369 e. The molecule has 3 nitrogen and oxygen atoms in total. The van der Waals surface area contributed by atoms with Crippen LogP contribution >= 0.6 is 0 Å². The summed E-state index contributed by atoms with van der Waals surface area (Å²) in [4.78, 5) is 3.98. The first kappa shape index (κ1) is 10.7. The van der Waals surface area contributed by atoms with Gasteiger partial charge in [-0.05, 0) is 36.4 Å². The van der Waals surface area contributed by atoms with Crippen LogP contribution < -0.4 is 5.73 Å². The van der Waals surface area contributed by atoms with E-state index in [2.05, 4.69) is 4.98 Å². The monoisotopic (exact) mass is 245 g/mol. The lowest BCUT2D eigenvalue weighted by Crippen LogP contribution is -2.00. The summed E-state index contributed by atoms with van der Waals surface area (Å²) in [6.07, 6.45) is 0. The highest BCUT2D eigenvalue weighted by atomic mass is 19.1. The molecule has 2 N–H and O–H groups in total. The topological polar surface area (TPSA) is 43.8 Å². The number of para-hydroxylation sites is 1. The first-order valence-electron chi connectivity index (χ1n) is 5.35. The Morgan fingerprint density at radius 1 is 1.00 bits per heavy atom. The molecule has 1 aromatic heterocycles. The van der Waals surface area contributed by atoms with E-state index < -0.39 is 5.82 Å². The molecule has 3 aromatic rings. The molecule has 0 unspecified atom stereocenters. The van der Waals surface area contributed by atoms with Gasteiger partial charge < -0.3 is 5.73 Å². The van der Waals surface area contributed by atoms with Gasteiger partial charge in [0.15, 0.2) is 5.82 Å². The lowest BCUT2D eigenvalue weighted by molar-refractivity contribution is 0.627. The maximum atomic E-state index is 13.6. The summed E-state index contributed by atoms with van der Waals surface area (Å²) in [6.45, 7) is 0. The minimum absolute atomic E-state index is 0.168. The summed E-state index contributed by atoms with van der Waals surface area (Å²) < 4.78 is 28.0. The summed E-state index contributed by atoms with van der Waals surface area (Å²) in [5.41, 5.74) is 7.19. The molecule has 0 radical (unpaired) electrons. The fraction of sp³-hybridized carbons (Fsp3) is 0. The van der Waals surface area contributed by atoms with E-state index >= 15 is 0 Å². The zero-order valence-electron chi connectivity index (χ0n) is 9.27. The molecule has 0 saturated heterocycles. The smallest absolute Gasteiger partial charge is 0.206 e. The van der Waals surface area contributed by atoms with Crippen molar-refractivity contribution in [3.05, 3.63) is 54.1 Å². The van der Waals surface area contributed by atoms with Gasteiger partial charge in [0.05, 0.1) is 5.52 Å². The van der Waals surface area contributed by atoms with Gasteiger partial charge in [-0.15, -0.1) is 0 Å². The van der Waals surface area contributed by atoms with Crippen LogP contribution in [0.2, 0.25) is 0 Å². The predicted molar refractivity (Wildman–Crippen MR) is 65.4 cm³/mol. The molecule has 0 aliphatic rings. The number of benzene rings is 2. The average Bonchev–Trinajstić information content (AvgIpc) is 2.69. The molecule has 18 heavy (non-hydrogen) atoms. The first-order chi connectivity index (χ1) is 8.66. The Balaban J connectivity index is 2.32. The van der Waals surface area contributed by atoms with Crippen molar-refractivity contribution in [2.24, 2.45) is 0 Å². The van der Waals surface area contributed by atoms with Crippen LogP contribution in [0.15, 0.2) is 42.5 Å². The number of nitrogens with zero attached hydrogens (tertiary/aromatic N) is 2. The van der Waals surface area contributed by atoms with Crippen molar-refractivity contribution in [2.45, 2.75) is 0 Å². The highest BCUT2D eigenvalue weighted by Gasteiger charge is 2.12. The third-order valence-corrected chi connectivity index (χ3v) is 2.75. The maximum Gasteiger partial charge on any atom is 0.206 e. The molecule has 3 rings (SSSR count). The van der Waals surface area contributed by atoms with E-state index in [9.17, 15) is 8.78 Å². The van der Waals surface area contributed by atoms with E-state index in [1.165, 1.54) is 18.2 Å². The van der Waals surface area contributed by atoms with Crippen LogP contribution in [-0.4, -0.2) is 9.55 Å². The van der Waals surface area contributed by atoms with Crippen LogP contribution in [0.1, 0.15) is 0 Å². The highest BCUT2D eigenvalue weighted by molar-refractivity contribution is 5.81. The van der Waals surface area contributed by atoms with Crippen LogP contribution in [0, 0.1) is 11.6 Å². The molecule has 5 heteroatoms. The van der Waals surface area contributed by atoms with E-state index in [-0.39, 0.29) is 17.3 Å². The molecule has 0 bridgehead atoms. The van der Waals surface area contributed by atoms with Crippen molar-refractivity contribution in [1.29, 1.82) is 0 Å². The van der Waals surface area contributed by atoms with Crippen molar-refractivity contribution in [1.82, 2.24) is 9.55 Å². The van der Waals surface area contributed by atoms with Gasteiger partial charge in [0, 0.05) is 5.69 Å². The Morgan fingerprint density at radius 2 is 1.72 bits per heavy atom. The van der Waals surface area contributed by atoms with Gasteiger partial charge in [-0.2, -0.15) is 0 Å². The number of rotatable bonds is 1. The second-order valence-electron chi connectivity index (χ2n) is 3.89. The van der Waals surface area contributed by atoms with Crippen LogP contribution in [-0.2, 0) is 0 Å². The average molecular weight is 245 g/mol. The zero-order chi connectivity index (χ0) is 12.7. The number of hydrogen-bond donors (Lipinski definition) is 1. The van der Waals surface area contributed by atoms with Crippen molar-refractivity contribution >= 4 is 17.0 Å². The summed E-state index contributed by atoms with van der Waals surface area (Å²) in [5.74, 6) is -0.602. The summed E-state index contributed by atoms with van der Waals surface area (Å²) in [7, 11) is 0. The van der Waals surface area contributed by atoms with E-state index in [4.69, 9.17) is 5.73 Å². The Morgan fingerprint density at radius 3 is 2.44 bits per heavy atom. The van der Waals surface area contributed by atoms with Gasteiger partial charge in [-0.3, -0.25) is 4.57 Å². The summed E-state index contributed by atoms with van der Waals surface area (Å²) in [6, 6.07) is 10.4. The second kappa shape index (κ2) is 3.80. The fourth-order valence-corrected chi connectivity index (χ4v) is 1.94. The number of fused-ring (bicyclic) bond motifs is 1. The third kappa shape index (κ3) is 1.52. The number of nitrogen functional groups attached to an aromatic ring is 1. The number of nitrogens with two attached hydrogens (primary N) is 1. The Kier molecular flexibility index (Phi) is 2.26. The van der Waals surface area contributed by atoms with Gasteiger partial charge in [0.1, 0.15) is 11.3 Å². The lowest BCUT2D eigenvalue weighted by Gasteiger charge is -2.05. The third-order valence-electron chi connectivity index (χ3n) is 2.75. The quantitative estimate of drug-likeness (QED) is 0.716.